The average molecular weight is 463 g/mol. The van der Waals surface area contributed by atoms with Gasteiger partial charge < -0.3 is 14.0 Å². The molecule has 0 bridgehead atoms. The van der Waals surface area contributed by atoms with Gasteiger partial charge in [-0.05, 0) is 68.6 Å². The van der Waals surface area contributed by atoms with E-state index in [2.05, 4.69) is 52.0 Å². The van der Waals surface area contributed by atoms with E-state index in [0.717, 1.165) is 39.3 Å². The van der Waals surface area contributed by atoms with Gasteiger partial charge in [0, 0.05) is 5.56 Å². The van der Waals surface area contributed by atoms with Crippen molar-refractivity contribution in [3.05, 3.63) is 103 Å². The standard InChI is InChI=1S/C30H30BNO3/c1-29(2)30(3,4)35-31(34-29)24-15-10-14-23(20-24)26-17-11-18-27(32-26)25-16-8-9-19-28(25)33-21-22-12-6-5-7-13-22/h5-20H,21H2,1-4H3. The summed E-state index contributed by atoms with van der Waals surface area (Å²) in [6.45, 7) is 8.78. The van der Waals surface area contributed by atoms with Gasteiger partial charge in [-0.15, -0.1) is 0 Å². The fraction of sp³-hybridized carbons (Fsp3) is 0.233. The van der Waals surface area contributed by atoms with E-state index in [1.165, 1.54) is 0 Å². The fourth-order valence-electron chi connectivity index (χ4n) is 4.11. The molecule has 5 rings (SSSR count). The zero-order valence-electron chi connectivity index (χ0n) is 20.7. The van der Waals surface area contributed by atoms with E-state index in [0.29, 0.717) is 6.61 Å². The van der Waals surface area contributed by atoms with E-state index in [1.54, 1.807) is 0 Å². The monoisotopic (exact) mass is 463 g/mol. The van der Waals surface area contributed by atoms with Crippen LogP contribution in [0.15, 0.2) is 97.1 Å². The maximum Gasteiger partial charge on any atom is 0.494 e. The van der Waals surface area contributed by atoms with Crippen molar-refractivity contribution in [2.45, 2.75) is 45.5 Å². The summed E-state index contributed by atoms with van der Waals surface area (Å²) < 4.78 is 18.7. The number of para-hydroxylation sites is 1. The van der Waals surface area contributed by atoms with Gasteiger partial charge in [0.25, 0.3) is 0 Å². The molecule has 0 unspecified atom stereocenters. The molecule has 2 heterocycles. The normalized spacial score (nSPS) is 16.3. The van der Waals surface area contributed by atoms with Crippen LogP contribution in [0.1, 0.15) is 33.3 Å². The summed E-state index contributed by atoms with van der Waals surface area (Å²) in [6, 6.07) is 32.5. The van der Waals surface area contributed by atoms with Crippen LogP contribution < -0.4 is 10.2 Å². The van der Waals surface area contributed by atoms with Crippen LogP contribution in [-0.2, 0) is 15.9 Å². The molecule has 3 aromatic carbocycles. The number of aromatic nitrogens is 1. The Labute approximate surface area is 208 Å². The lowest BCUT2D eigenvalue weighted by atomic mass is 9.78. The van der Waals surface area contributed by atoms with E-state index in [-0.39, 0.29) is 11.2 Å². The maximum atomic E-state index is 6.25. The van der Waals surface area contributed by atoms with Gasteiger partial charge >= 0.3 is 7.12 Å². The molecule has 1 aliphatic rings. The highest BCUT2D eigenvalue weighted by atomic mass is 16.7. The second-order valence-corrected chi connectivity index (χ2v) is 9.89. The first-order chi connectivity index (χ1) is 16.8. The first-order valence-electron chi connectivity index (χ1n) is 12.0. The Kier molecular flexibility index (Phi) is 6.22. The Hall–Kier alpha value is -3.41. The van der Waals surface area contributed by atoms with Gasteiger partial charge in [-0.1, -0.05) is 72.8 Å². The van der Waals surface area contributed by atoms with Gasteiger partial charge in [-0.3, -0.25) is 0 Å². The Bertz CT molecular complexity index is 1300. The topological polar surface area (TPSA) is 40.6 Å². The Morgan fingerprint density at radius 1 is 0.714 bits per heavy atom. The number of benzene rings is 3. The molecule has 1 aliphatic heterocycles. The van der Waals surface area contributed by atoms with E-state index in [9.17, 15) is 0 Å². The first-order valence-corrected chi connectivity index (χ1v) is 12.0. The molecule has 0 radical (unpaired) electrons. The summed E-state index contributed by atoms with van der Waals surface area (Å²) in [5, 5.41) is 0. The summed E-state index contributed by atoms with van der Waals surface area (Å²) in [5.74, 6) is 0.812. The van der Waals surface area contributed by atoms with Gasteiger partial charge in [0.2, 0.25) is 0 Å². The minimum atomic E-state index is -0.407. The third kappa shape index (κ3) is 4.88. The highest BCUT2D eigenvalue weighted by Crippen LogP contribution is 2.37. The van der Waals surface area contributed by atoms with Crippen molar-refractivity contribution >= 4 is 12.6 Å². The summed E-state index contributed by atoms with van der Waals surface area (Å²) in [6.07, 6.45) is 0. The quantitative estimate of drug-likeness (QED) is 0.315. The molecule has 0 N–H and O–H groups in total. The minimum absolute atomic E-state index is 0.380. The first kappa shape index (κ1) is 23.3. The van der Waals surface area contributed by atoms with Crippen molar-refractivity contribution in [3.63, 3.8) is 0 Å². The van der Waals surface area contributed by atoms with Gasteiger partial charge in [-0.2, -0.15) is 0 Å². The molecule has 0 atom stereocenters. The average Bonchev–Trinajstić information content (AvgIpc) is 3.10. The number of nitrogens with zero attached hydrogens (tertiary/aromatic N) is 1. The molecule has 0 aliphatic carbocycles. The molecule has 35 heavy (non-hydrogen) atoms. The molecule has 0 spiro atoms. The summed E-state index contributed by atoms with van der Waals surface area (Å²) in [5.41, 5.74) is 5.09. The van der Waals surface area contributed by atoms with Gasteiger partial charge in [0.05, 0.1) is 22.6 Å². The second-order valence-electron chi connectivity index (χ2n) is 9.89. The highest BCUT2D eigenvalue weighted by Gasteiger charge is 2.51. The summed E-state index contributed by atoms with van der Waals surface area (Å²) >= 11 is 0. The summed E-state index contributed by atoms with van der Waals surface area (Å²) in [7, 11) is -0.407. The lowest BCUT2D eigenvalue weighted by Crippen LogP contribution is -2.41. The summed E-state index contributed by atoms with van der Waals surface area (Å²) in [4.78, 5) is 4.99. The van der Waals surface area contributed by atoms with Crippen molar-refractivity contribution < 1.29 is 14.0 Å². The number of pyridine rings is 1. The van der Waals surface area contributed by atoms with E-state index < -0.39 is 7.12 Å². The molecule has 1 fully saturated rings. The maximum absolute atomic E-state index is 6.25. The Morgan fingerprint density at radius 3 is 2.14 bits per heavy atom. The van der Waals surface area contributed by atoms with Crippen molar-refractivity contribution in [2.75, 3.05) is 0 Å². The van der Waals surface area contributed by atoms with Gasteiger partial charge in [0.1, 0.15) is 12.4 Å². The van der Waals surface area contributed by atoms with Crippen molar-refractivity contribution in [3.8, 4) is 28.3 Å². The molecule has 4 aromatic rings. The van der Waals surface area contributed by atoms with Crippen LogP contribution in [0.25, 0.3) is 22.5 Å². The molecule has 4 nitrogen and oxygen atoms in total. The molecule has 1 saturated heterocycles. The van der Waals surface area contributed by atoms with Crippen molar-refractivity contribution in [2.24, 2.45) is 0 Å². The SMILES string of the molecule is CC1(C)OB(c2cccc(-c3cccc(-c4ccccc4OCc4ccccc4)n3)c2)OC1(C)C. The Morgan fingerprint density at radius 2 is 1.37 bits per heavy atom. The van der Waals surface area contributed by atoms with Crippen LogP contribution in [0.3, 0.4) is 0 Å². The zero-order chi connectivity index (χ0) is 24.5. The van der Waals surface area contributed by atoms with Gasteiger partial charge in [0.15, 0.2) is 0 Å². The zero-order valence-corrected chi connectivity index (χ0v) is 20.7. The van der Waals surface area contributed by atoms with Crippen LogP contribution in [0.4, 0.5) is 0 Å². The molecule has 5 heteroatoms. The number of hydrogen-bond donors (Lipinski definition) is 0. The largest absolute Gasteiger partial charge is 0.494 e. The Balaban J connectivity index is 1.42. The van der Waals surface area contributed by atoms with E-state index >= 15 is 0 Å². The third-order valence-electron chi connectivity index (χ3n) is 6.86. The highest BCUT2D eigenvalue weighted by molar-refractivity contribution is 6.62. The third-order valence-corrected chi connectivity index (χ3v) is 6.86. The predicted octanol–water partition coefficient (Wildman–Crippen LogP) is 6.29. The lowest BCUT2D eigenvalue weighted by Gasteiger charge is -2.32. The smallest absolute Gasteiger partial charge is 0.488 e. The minimum Gasteiger partial charge on any atom is -0.488 e. The molecule has 176 valence electrons. The molecular formula is C30H30BNO3. The van der Waals surface area contributed by atoms with Crippen LogP contribution in [0.2, 0.25) is 0 Å². The van der Waals surface area contributed by atoms with E-state index in [4.69, 9.17) is 19.0 Å². The molecular weight excluding hydrogens is 433 g/mol. The number of rotatable bonds is 6. The fourth-order valence-corrected chi connectivity index (χ4v) is 4.11. The number of hydrogen-bond acceptors (Lipinski definition) is 4. The molecule has 1 aromatic heterocycles. The molecule has 0 amide bonds. The molecule has 0 saturated carbocycles. The van der Waals surface area contributed by atoms with Gasteiger partial charge in [-0.25, -0.2) is 4.98 Å². The predicted molar refractivity (Wildman–Crippen MR) is 142 cm³/mol. The van der Waals surface area contributed by atoms with Crippen LogP contribution in [0, 0.1) is 0 Å². The van der Waals surface area contributed by atoms with Crippen molar-refractivity contribution in [1.29, 1.82) is 0 Å². The second kappa shape index (κ2) is 9.33. The van der Waals surface area contributed by atoms with Crippen LogP contribution in [-0.4, -0.2) is 23.3 Å². The van der Waals surface area contributed by atoms with E-state index in [1.807, 2.05) is 72.8 Å². The lowest BCUT2D eigenvalue weighted by molar-refractivity contribution is 0.00578. The van der Waals surface area contributed by atoms with Crippen LogP contribution >= 0.6 is 0 Å². The van der Waals surface area contributed by atoms with Crippen molar-refractivity contribution in [1.82, 2.24) is 4.98 Å². The number of ether oxygens (including phenoxy) is 1. The van der Waals surface area contributed by atoms with Crippen LogP contribution in [0.5, 0.6) is 5.75 Å².